The molecule has 0 atom stereocenters. The van der Waals surface area contributed by atoms with Crippen molar-refractivity contribution in [3.05, 3.63) is 71.0 Å². The Balaban J connectivity index is -0.000000264. The summed E-state index contributed by atoms with van der Waals surface area (Å²) < 4.78 is 36.6. The molecular formula is C20H31F3. The third-order valence-corrected chi connectivity index (χ3v) is 2.16. The van der Waals surface area contributed by atoms with Crippen LogP contribution in [-0.2, 0) is 0 Å². The van der Waals surface area contributed by atoms with Crippen LogP contribution in [0.1, 0.15) is 52.7 Å². The molecule has 0 nitrogen and oxygen atoms in total. The van der Waals surface area contributed by atoms with Gasteiger partial charge in [0.1, 0.15) is 5.82 Å². The van der Waals surface area contributed by atoms with Crippen molar-refractivity contribution in [3.8, 4) is 0 Å². The average molecular weight is 328 g/mol. The molecule has 132 valence electrons. The summed E-state index contributed by atoms with van der Waals surface area (Å²) >= 11 is 0. The molecule has 0 saturated heterocycles. The summed E-state index contributed by atoms with van der Waals surface area (Å²) in [6, 6.07) is 10.5. The Morgan fingerprint density at radius 3 is 1.35 bits per heavy atom. The van der Waals surface area contributed by atoms with Crippen molar-refractivity contribution in [2.45, 2.75) is 55.4 Å². The Labute approximate surface area is 140 Å². The second-order valence-electron chi connectivity index (χ2n) is 3.67. The van der Waals surface area contributed by atoms with Crippen molar-refractivity contribution in [1.82, 2.24) is 0 Å². The van der Waals surface area contributed by atoms with Crippen molar-refractivity contribution in [1.29, 1.82) is 0 Å². The van der Waals surface area contributed by atoms with Crippen molar-refractivity contribution in [3.63, 3.8) is 0 Å². The SMILES string of the molecule is CC.CC.CC.Cc1ccc(F)cc1.Cc1cccc(F)c1F. The molecule has 2 aromatic rings. The van der Waals surface area contributed by atoms with E-state index in [-0.39, 0.29) is 5.82 Å². The molecule has 0 N–H and O–H groups in total. The van der Waals surface area contributed by atoms with E-state index < -0.39 is 11.6 Å². The van der Waals surface area contributed by atoms with Gasteiger partial charge in [-0.1, -0.05) is 71.4 Å². The molecule has 0 bridgehead atoms. The molecule has 3 heteroatoms. The van der Waals surface area contributed by atoms with Gasteiger partial charge in [0.15, 0.2) is 11.6 Å². The summed E-state index contributed by atoms with van der Waals surface area (Å²) in [5.41, 5.74) is 1.43. The molecule has 0 aromatic heterocycles. The Hall–Kier alpha value is -1.77. The molecule has 0 aliphatic carbocycles. The first-order chi connectivity index (χ1) is 11.0. The van der Waals surface area contributed by atoms with Gasteiger partial charge in [-0.3, -0.25) is 0 Å². The standard InChI is InChI=1S/C7H6F2.C7H7F.3C2H6/c1-5-3-2-4-6(8)7(5)9;1-6-2-4-7(8)5-3-6;3*1-2/h2-4H,1H3;2-5H,1H3;3*1-2H3. The van der Waals surface area contributed by atoms with Crippen LogP contribution in [0.2, 0.25) is 0 Å². The Kier molecular flexibility index (Phi) is 20.8. The molecule has 0 radical (unpaired) electrons. The first-order valence-corrected chi connectivity index (χ1v) is 8.13. The number of hydrogen-bond donors (Lipinski definition) is 0. The maximum Gasteiger partial charge on any atom is 0.161 e. The van der Waals surface area contributed by atoms with Gasteiger partial charge in [0.05, 0.1) is 0 Å². The van der Waals surface area contributed by atoms with Gasteiger partial charge < -0.3 is 0 Å². The van der Waals surface area contributed by atoms with E-state index in [4.69, 9.17) is 0 Å². The summed E-state index contributed by atoms with van der Waals surface area (Å²) in [5.74, 6) is -1.71. The number of aryl methyl sites for hydroxylation is 2. The largest absolute Gasteiger partial charge is 0.207 e. The minimum atomic E-state index is -0.782. The van der Waals surface area contributed by atoms with Crippen LogP contribution in [0.25, 0.3) is 0 Å². The third-order valence-electron chi connectivity index (χ3n) is 2.16. The van der Waals surface area contributed by atoms with Gasteiger partial charge in [-0.05, 0) is 37.6 Å². The number of benzene rings is 2. The molecule has 0 heterocycles. The van der Waals surface area contributed by atoms with E-state index in [1.54, 1.807) is 12.1 Å². The van der Waals surface area contributed by atoms with Gasteiger partial charge in [-0.2, -0.15) is 0 Å². The van der Waals surface area contributed by atoms with E-state index in [1.807, 2.05) is 48.5 Å². The van der Waals surface area contributed by atoms with Crippen LogP contribution in [0.15, 0.2) is 42.5 Å². The summed E-state index contributed by atoms with van der Waals surface area (Å²) in [5, 5.41) is 0. The highest BCUT2D eigenvalue weighted by molar-refractivity contribution is 5.16. The Morgan fingerprint density at radius 1 is 0.609 bits per heavy atom. The number of hydrogen-bond acceptors (Lipinski definition) is 0. The Morgan fingerprint density at radius 2 is 1.04 bits per heavy atom. The summed E-state index contributed by atoms with van der Waals surface area (Å²) in [6.07, 6.45) is 0. The van der Waals surface area contributed by atoms with E-state index in [9.17, 15) is 13.2 Å². The van der Waals surface area contributed by atoms with E-state index in [0.29, 0.717) is 5.56 Å². The lowest BCUT2D eigenvalue weighted by atomic mass is 10.2. The molecule has 2 aromatic carbocycles. The maximum atomic E-state index is 12.4. The number of rotatable bonds is 0. The summed E-state index contributed by atoms with van der Waals surface area (Å²) in [6.45, 7) is 15.5. The van der Waals surface area contributed by atoms with Gasteiger partial charge in [0.2, 0.25) is 0 Å². The first-order valence-electron chi connectivity index (χ1n) is 8.13. The molecule has 0 fully saturated rings. The molecule has 0 amide bonds. The van der Waals surface area contributed by atoms with Crippen molar-refractivity contribution < 1.29 is 13.2 Å². The zero-order valence-electron chi connectivity index (χ0n) is 15.7. The summed E-state index contributed by atoms with van der Waals surface area (Å²) in [7, 11) is 0. The van der Waals surface area contributed by atoms with Crippen LogP contribution >= 0.6 is 0 Å². The molecule has 0 unspecified atom stereocenters. The molecular weight excluding hydrogens is 297 g/mol. The third kappa shape index (κ3) is 13.6. The quantitative estimate of drug-likeness (QED) is 0.470. The lowest BCUT2D eigenvalue weighted by Crippen LogP contribution is -1.85. The number of halogens is 3. The molecule has 0 aliphatic rings. The predicted octanol–water partition coefficient (Wildman–Crippen LogP) is 7.49. The monoisotopic (exact) mass is 328 g/mol. The topological polar surface area (TPSA) is 0 Å². The maximum absolute atomic E-state index is 12.4. The molecule has 0 spiro atoms. The molecule has 0 aliphatic heterocycles. The highest BCUT2D eigenvalue weighted by Gasteiger charge is 2.00. The van der Waals surface area contributed by atoms with Crippen molar-refractivity contribution >= 4 is 0 Å². The highest BCUT2D eigenvalue weighted by atomic mass is 19.2. The Bertz CT molecular complexity index is 435. The van der Waals surface area contributed by atoms with Crippen LogP contribution in [0.4, 0.5) is 13.2 Å². The van der Waals surface area contributed by atoms with Crippen molar-refractivity contribution in [2.75, 3.05) is 0 Å². The van der Waals surface area contributed by atoms with Crippen LogP contribution in [0, 0.1) is 31.3 Å². The smallest absolute Gasteiger partial charge is 0.161 e. The minimum Gasteiger partial charge on any atom is -0.207 e. The molecule has 23 heavy (non-hydrogen) atoms. The lowest BCUT2D eigenvalue weighted by molar-refractivity contribution is 0.503. The summed E-state index contributed by atoms with van der Waals surface area (Å²) in [4.78, 5) is 0. The van der Waals surface area contributed by atoms with Gasteiger partial charge >= 0.3 is 0 Å². The highest BCUT2D eigenvalue weighted by Crippen LogP contribution is 2.08. The lowest BCUT2D eigenvalue weighted by Gasteiger charge is -1.93. The fraction of sp³-hybridized carbons (Fsp3) is 0.400. The normalized spacial score (nSPS) is 7.78. The van der Waals surface area contributed by atoms with Gasteiger partial charge in [-0.15, -0.1) is 0 Å². The zero-order chi connectivity index (χ0) is 18.8. The van der Waals surface area contributed by atoms with E-state index in [1.165, 1.54) is 31.2 Å². The fourth-order valence-corrected chi connectivity index (χ4v) is 1.14. The van der Waals surface area contributed by atoms with Gasteiger partial charge in [0.25, 0.3) is 0 Å². The van der Waals surface area contributed by atoms with E-state index in [0.717, 1.165) is 11.6 Å². The van der Waals surface area contributed by atoms with Crippen LogP contribution in [0.5, 0.6) is 0 Å². The van der Waals surface area contributed by atoms with E-state index >= 15 is 0 Å². The van der Waals surface area contributed by atoms with Crippen molar-refractivity contribution in [2.24, 2.45) is 0 Å². The predicted molar refractivity (Wildman–Crippen MR) is 96.3 cm³/mol. The fourth-order valence-electron chi connectivity index (χ4n) is 1.14. The van der Waals surface area contributed by atoms with Crippen LogP contribution in [-0.4, -0.2) is 0 Å². The van der Waals surface area contributed by atoms with E-state index in [2.05, 4.69) is 0 Å². The van der Waals surface area contributed by atoms with Crippen LogP contribution < -0.4 is 0 Å². The minimum absolute atomic E-state index is 0.171. The molecule has 2 rings (SSSR count). The van der Waals surface area contributed by atoms with Crippen LogP contribution in [0.3, 0.4) is 0 Å². The van der Waals surface area contributed by atoms with Gasteiger partial charge in [-0.25, -0.2) is 13.2 Å². The average Bonchev–Trinajstić information content (AvgIpc) is 2.61. The first kappa shape index (κ1) is 26.1. The van der Waals surface area contributed by atoms with Gasteiger partial charge in [0, 0.05) is 0 Å². The molecule has 0 saturated carbocycles. The second-order valence-corrected chi connectivity index (χ2v) is 3.67. The second kappa shape index (κ2) is 18.3. The zero-order valence-corrected chi connectivity index (χ0v) is 15.7.